The molecular weight excluding hydrogens is 332 g/mol. The van der Waals surface area contributed by atoms with Crippen molar-refractivity contribution in [3.63, 3.8) is 0 Å². The number of imide groups is 1. The second-order valence-corrected chi connectivity index (χ2v) is 6.87. The summed E-state index contributed by atoms with van der Waals surface area (Å²) in [5, 5.41) is 9.20. The summed E-state index contributed by atoms with van der Waals surface area (Å²) in [7, 11) is 0. The van der Waals surface area contributed by atoms with Gasteiger partial charge >= 0.3 is 0 Å². The molecule has 1 aromatic rings. The monoisotopic (exact) mass is 346 g/mol. The van der Waals surface area contributed by atoms with E-state index in [9.17, 15) is 14.9 Å². The maximum absolute atomic E-state index is 12.5. The fraction of sp³-hybridized carbons (Fsp3) is 0.438. The van der Waals surface area contributed by atoms with E-state index in [1.54, 1.807) is 18.2 Å². The van der Waals surface area contributed by atoms with E-state index in [0.29, 0.717) is 24.1 Å². The van der Waals surface area contributed by atoms with Crippen LogP contribution in [0.5, 0.6) is 0 Å². The van der Waals surface area contributed by atoms with Crippen LogP contribution in [0.15, 0.2) is 22.7 Å². The first kappa shape index (κ1) is 14.3. The van der Waals surface area contributed by atoms with Gasteiger partial charge in [-0.25, -0.2) is 4.90 Å². The smallest absolute Gasteiger partial charge is 0.234 e. The fourth-order valence-electron chi connectivity index (χ4n) is 3.53. The molecule has 2 amide bonds. The number of halogens is 1. The van der Waals surface area contributed by atoms with Gasteiger partial charge in [-0.2, -0.15) is 5.26 Å². The predicted octanol–water partition coefficient (Wildman–Crippen LogP) is 3.53. The summed E-state index contributed by atoms with van der Waals surface area (Å²) in [6.07, 6.45) is 4.94. The van der Waals surface area contributed by atoms with Gasteiger partial charge in [-0.05, 0) is 36.5 Å². The molecule has 1 spiro atoms. The van der Waals surface area contributed by atoms with Crippen molar-refractivity contribution < 1.29 is 9.59 Å². The Morgan fingerprint density at radius 1 is 1.14 bits per heavy atom. The van der Waals surface area contributed by atoms with Crippen LogP contribution in [-0.2, 0) is 9.59 Å². The molecule has 3 rings (SSSR count). The van der Waals surface area contributed by atoms with Gasteiger partial charge < -0.3 is 0 Å². The third-order valence-electron chi connectivity index (χ3n) is 4.54. The fourth-order valence-corrected chi connectivity index (χ4v) is 3.88. The van der Waals surface area contributed by atoms with Crippen LogP contribution in [0.3, 0.4) is 0 Å². The molecule has 21 heavy (non-hydrogen) atoms. The number of anilines is 1. The number of hydrogen-bond donors (Lipinski definition) is 0. The van der Waals surface area contributed by atoms with Crippen LogP contribution in [0, 0.1) is 16.7 Å². The van der Waals surface area contributed by atoms with Crippen molar-refractivity contribution in [1.29, 1.82) is 5.26 Å². The lowest BCUT2D eigenvalue weighted by molar-refractivity contribution is -0.133. The van der Waals surface area contributed by atoms with Crippen molar-refractivity contribution >= 4 is 33.4 Å². The van der Waals surface area contributed by atoms with Gasteiger partial charge in [-0.1, -0.05) is 28.8 Å². The van der Waals surface area contributed by atoms with Gasteiger partial charge in [0.2, 0.25) is 11.8 Å². The quantitative estimate of drug-likeness (QED) is 0.730. The van der Waals surface area contributed by atoms with Crippen molar-refractivity contribution in [3.8, 4) is 6.07 Å². The van der Waals surface area contributed by atoms with Gasteiger partial charge in [-0.3, -0.25) is 9.59 Å². The first-order chi connectivity index (χ1) is 10.0. The first-order valence-corrected chi connectivity index (χ1v) is 7.89. The first-order valence-electron chi connectivity index (χ1n) is 7.10. The molecule has 108 valence electrons. The maximum Gasteiger partial charge on any atom is 0.234 e. The van der Waals surface area contributed by atoms with Gasteiger partial charge in [0.1, 0.15) is 6.07 Å². The van der Waals surface area contributed by atoms with Crippen molar-refractivity contribution in [2.24, 2.45) is 5.41 Å². The Morgan fingerprint density at radius 3 is 2.33 bits per heavy atom. The van der Waals surface area contributed by atoms with Crippen molar-refractivity contribution in [1.82, 2.24) is 0 Å². The largest absolute Gasteiger partial charge is 0.274 e. The molecule has 1 saturated heterocycles. The molecule has 0 unspecified atom stereocenters. The van der Waals surface area contributed by atoms with Gasteiger partial charge in [0, 0.05) is 17.3 Å². The lowest BCUT2D eigenvalue weighted by Gasteiger charge is -2.37. The molecule has 2 aliphatic rings. The van der Waals surface area contributed by atoms with Crippen LogP contribution < -0.4 is 4.90 Å². The number of rotatable bonds is 1. The van der Waals surface area contributed by atoms with Crippen LogP contribution in [0.4, 0.5) is 5.69 Å². The van der Waals surface area contributed by atoms with Crippen LogP contribution in [0.25, 0.3) is 0 Å². The number of nitriles is 1. The molecule has 1 aliphatic heterocycles. The highest BCUT2D eigenvalue weighted by Crippen LogP contribution is 2.47. The van der Waals surface area contributed by atoms with Crippen molar-refractivity contribution in [2.75, 3.05) is 4.90 Å². The zero-order valence-electron chi connectivity index (χ0n) is 11.6. The summed E-state index contributed by atoms with van der Waals surface area (Å²) in [6.45, 7) is 0. The van der Waals surface area contributed by atoms with Crippen LogP contribution >= 0.6 is 15.9 Å². The third-order valence-corrected chi connectivity index (χ3v) is 5.03. The zero-order valence-corrected chi connectivity index (χ0v) is 13.1. The van der Waals surface area contributed by atoms with E-state index in [4.69, 9.17) is 0 Å². The van der Waals surface area contributed by atoms with Crippen LogP contribution in [0.1, 0.15) is 44.1 Å². The highest BCUT2D eigenvalue weighted by Gasteiger charge is 2.45. The Kier molecular flexibility index (Phi) is 3.58. The lowest BCUT2D eigenvalue weighted by Crippen LogP contribution is -2.47. The molecule has 0 bridgehead atoms. The summed E-state index contributed by atoms with van der Waals surface area (Å²) in [5.74, 6) is -0.356. The van der Waals surface area contributed by atoms with Crippen molar-refractivity contribution in [2.45, 2.75) is 38.5 Å². The lowest BCUT2D eigenvalue weighted by atomic mass is 9.76. The van der Waals surface area contributed by atoms with Crippen LogP contribution in [-0.4, -0.2) is 11.8 Å². The Hall–Kier alpha value is -1.67. The molecule has 0 radical (unpaired) electrons. The van der Waals surface area contributed by atoms with E-state index in [0.717, 1.165) is 30.2 Å². The summed E-state index contributed by atoms with van der Waals surface area (Å²) in [6, 6.07) is 7.08. The second-order valence-electron chi connectivity index (χ2n) is 5.96. The number of nitrogens with zero attached hydrogens (tertiary/aromatic N) is 2. The highest BCUT2D eigenvalue weighted by molar-refractivity contribution is 9.10. The van der Waals surface area contributed by atoms with E-state index in [-0.39, 0.29) is 17.2 Å². The number of benzene rings is 1. The molecule has 1 aromatic carbocycles. The number of piperidine rings is 1. The summed E-state index contributed by atoms with van der Waals surface area (Å²) >= 11 is 3.33. The molecule has 2 fully saturated rings. The maximum atomic E-state index is 12.5. The molecule has 5 heteroatoms. The highest BCUT2D eigenvalue weighted by atomic mass is 79.9. The summed E-state index contributed by atoms with van der Waals surface area (Å²) in [4.78, 5) is 26.3. The molecule has 1 aliphatic carbocycles. The number of hydrogen-bond acceptors (Lipinski definition) is 3. The molecule has 1 saturated carbocycles. The standard InChI is InChI=1S/C16H15BrN2O2/c17-12-4-3-11(10-18)13(7-12)19-14(20)8-16(9-15(19)21)5-1-2-6-16/h3-4,7H,1-2,5-6,8-9H2. The van der Waals surface area contributed by atoms with E-state index < -0.39 is 0 Å². The average molecular weight is 347 g/mol. The molecular formula is C16H15BrN2O2. The number of amides is 2. The zero-order chi connectivity index (χ0) is 15.0. The van der Waals surface area contributed by atoms with Crippen LogP contribution in [0.2, 0.25) is 0 Å². The normalized spacial score (nSPS) is 20.9. The Balaban J connectivity index is 1.97. The van der Waals surface area contributed by atoms with Crippen molar-refractivity contribution in [3.05, 3.63) is 28.2 Å². The van der Waals surface area contributed by atoms with E-state index in [2.05, 4.69) is 22.0 Å². The summed E-state index contributed by atoms with van der Waals surface area (Å²) < 4.78 is 0.748. The molecule has 4 nitrogen and oxygen atoms in total. The third kappa shape index (κ3) is 2.49. The number of carbonyl (C=O) groups is 2. The Morgan fingerprint density at radius 2 is 1.76 bits per heavy atom. The number of carbonyl (C=O) groups excluding carboxylic acids is 2. The van der Waals surface area contributed by atoms with Gasteiger partial charge in [0.25, 0.3) is 0 Å². The average Bonchev–Trinajstić information content (AvgIpc) is 2.86. The van der Waals surface area contributed by atoms with E-state index in [1.165, 1.54) is 4.90 Å². The predicted molar refractivity (Wildman–Crippen MR) is 81.5 cm³/mol. The second kappa shape index (κ2) is 5.27. The Bertz CT molecular complexity index is 637. The topological polar surface area (TPSA) is 61.2 Å². The van der Waals surface area contributed by atoms with E-state index >= 15 is 0 Å². The molecule has 0 N–H and O–H groups in total. The minimum Gasteiger partial charge on any atom is -0.274 e. The van der Waals surface area contributed by atoms with E-state index in [1.807, 2.05) is 0 Å². The minimum atomic E-state index is -0.178. The molecule has 0 aromatic heterocycles. The van der Waals surface area contributed by atoms with Gasteiger partial charge in [-0.15, -0.1) is 0 Å². The van der Waals surface area contributed by atoms with Gasteiger partial charge in [0.05, 0.1) is 11.3 Å². The minimum absolute atomic E-state index is 0.122. The molecule has 0 atom stereocenters. The summed E-state index contributed by atoms with van der Waals surface area (Å²) in [5.41, 5.74) is 0.626. The SMILES string of the molecule is N#Cc1ccc(Br)cc1N1C(=O)CC2(CCCC2)CC1=O. The molecule has 1 heterocycles. The Labute approximate surface area is 131 Å². The van der Waals surface area contributed by atoms with Gasteiger partial charge in [0.15, 0.2) is 0 Å².